The Balaban J connectivity index is 1.28. The second-order valence-electron chi connectivity index (χ2n) is 7.57. The maximum atomic E-state index is 12.6. The van der Waals surface area contributed by atoms with E-state index in [9.17, 15) is 4.79 Å². The Morgan fingerprint density at radius 3 is 2.77 bits per heavy atom. The lowest BCUT2D eigenvalue weighted by atomic mass is 10.1. The molecule has 0 saturated carbocycles. The lowest BCUT2D eigenvalue weighted by Crippen LogP contribution is -2.43. The summed E-state index contributed by atoms with van der Waals surface area (Å²) >= 11 is 0. The average molecular weight is 397 g/mol. The Bertz CT molecular complexity index is 1170. The molecule has 0 aliphatic carbocycles. The molecule has 3 N–H and O–H groups in total. The minimum Gasteiger partial charge on any atom is -0.362 e. The fraction of sp³-hybridized carbons (Fsp3) is 0.167. The number of urea groups is 1. The number of nitrogens with one attached hydrogen (secondary N) is 3. The first-order chi connectivity index (χ1) is 14.8. The number of amides is 2. The van der Waals surface area contributed by atoms with Crippen LogP contribution in [0.5, 0.6) is 0 Å². The van der Waals surface area contributed by atoms with Crippen LogP contribution in [0.1, 0.15) is 11.1 Å². The van der Waals surface area contributed by atoms with E-state index in [1.54, 1.807) is 6.20 Å². The molecule has 0 bridgehead atoms. The smallest absolute Gasteiger partial charge is 0.319 e. The zero-order valence-corrected chi connectivity index (χ0v) is 16.5. The highest BCUT2D eigenvalue weighted by molar-refractivity contribution is 6.00. The maximum Gasteiger partial charge on any atom is 0.319 e. The van der Waals surface area contributed by atoms with E-state index in [4.69, 9.17) is 0 Å². The van der Waals surface area contributed by atoms with Gasteiger partial charge >= 0.3 is 6.03 Å². The van der Waals surface area contributed by atoms with Crippen LogP contribution in [0.4, 0.5) is 16.2 Å². The summed E-state index contributed by atoms with van der Waals surface area (Å²) in [5.74, 6) is 0. The van der Waals surface area contributed by atoms with Gasteiger partial charge in [-0.3, -0.25) is 5.10 Å². The number of hydrogen-bond acceptors (Lipinski definition) is 3. The predicted octanol–water partition coefficient (Wildman–Crippen LogP) is 4.32. The molecule has 6 nitrogen and oxygen atoms in total. The summed E-state index contributed by atoms with van der Waals surface area (Å²) in [5, 5.41) is 13.9. The van der Waals surface area contributed by atoms with Crippen molar-refractivity contribution in [2.45, 2.75) is 19.0 Å². The van der Waals surface area contributed by atoms with Gasteiger partial charge in [-0.05, 0) is 35.7 Å². The van der Waals surface area contributed by atoms with E-state index in [2.05, 4.69) is 74.3 Å². The minimum absolute atomic E-state index is 0.207. The van der Waals surface area contributed by atoms with Gasteiger partial charge in [-0.1, -0.05) is 54.6 Å². The summed E-state index contributed by atoms with van der Waals surface area (Å²) in [4.78, 5) is 15.0. The molecule has 0 spiro atoms. The molecule has 1 atom stereocenters. The number of para-hydroxylation sites is 1. The number of aromatic amines is 1. The normalized spacial score (nSPS) is 15.2. The van der Waals surface area contributed by atoms with Gasteiger partial charge in [0, 0.05) is 24.2 Å². The second-order valence-corrected chi connectivity index (χ2v) is 7.57. The Morgan fingerprint density at radius 1 is 1.03 bits per heavy atom. The van der Waals surface area contributed by atoms with Crippen LogP contribution in [-0.4, -0.2) is 28.8 Å². The molecule has 2 heterocycles. The molecular formula is C24H23N5O. The van der Waals surface area contributed by atoms with Crippen LogP contribution in [0.15, 0.2) is 79.0 Å². The fourth-order valence-corrected chi connectivity index (χ4v) is 4.16. The molecule has 1 aromatic heterocycles. The molecular weight excluding hydrogens is 374 g/mol. The highest BCUT2D eigenvalue weighted by Gasteiger charge is 2.29. The van der Waals surface area contributed by atoms with Crippen LogP contribution < -0.4 is 15.5 Å². The number of aromatic nitrogens is 2. The predicted molar refractivity (Wildman–Crippen MR) is 120 cm³/mol. The van der Waals surface area contributed by atoms with Crippen molar-refractivity contribution >= 4 is 28.3 Å². The lowest BCUT2D eigenvalue weighted by molar-refractivity contribution is 0.251. The van der Waals surface area contributed by atoms with Crippen molar-refractivity contribution in [2.24, 2.45) is 0 Å². The van der Waals surface area contributed by atoms with Gasteiger partial charge in [0.15, 0.2) is 0 Å². The van der Waals surface area contributed by atoms with Crippen LogP contribution in [0, 0.1) is 0 Å². The largest absolute Gasteiger partial charge is 0.362 e. The van der Waals surface area contributed by atoms with Crippen molar-refractivity contribution in [1.82, 2.24) is 15.5 Å². The number of hydrogen-bond donors (Lipinski definition) is 3. The summed E-state index contributed by atoms with van der Waals surface area (Å²) in [5.41, 5.74) is 5.47. The third kappa shape index (κ3) is 3.59. The Labute approximate surface area is 174 Å². The molecule has 0 radical (unpaired) electrons. The van der Waals surface area contributed by atoms with Crippen LogP contribution in [0.25, 0.3) is 10.9 Å². The van der Waals surface area contributed by atoms with E-state index < -0.39 is 0 Å². The average Bonchev–Trinajstić information content (AvgIpc) is 3.39. The molecule has 4 aromatic rings. The van der Waals surface area contributed by atoms with Gasteiger partial charge in [0.2, 0.25) is 0 Å². The molecule has 1 aliphatic heterocycles. The number of nitrogens with zero attached hydrogens (tertiary/aromatic N) is 2. The summed E-state index contributed by atoms with van der Waals surface area (Å²) < 4.78 is 0. The van der Waals surface area contributed by atoms with Crippen LogP contribution >= 0.6 is 0 Å². The standard InChI is InChI=1S/C24H23N5O/c30-24(27-21-10-6-11-22-20(21)15-26-28-22)25-14-19-13-18-9-4-5-12-23(18)29(19)16-17-7-2-1-3-8-17/h1-12,15,19H,13-14,16H2,(H,26,28)(H2,25,27,30). The van der Waals surface area contributed by atoms with Crippen LogP contribution in [-0.2, 0) is 13.0 Å². The van der Waals surface area contributed by atoms with Gasteiger partial charge < -0.3 is 15.5 Å². The Kier molecular flexibility index (Phi) is 4.81. The highest BCUT2D eigenvalue weighted by Crippen LogP contribution is 2.33. The van der Waals surface area contributed by atoms with E-state index in [0.29, 0.717) is 6.54 Å². The molecule has 2 amide bonds. The third-order valence-electron chi connectivity index (χ3n) is 5.62. The van der Waals surface area contributed by atoms with Gasteiger partial charge in [0.1, 0.15) is 0 Å². The zero-order chi connectivity index (χ0) is 20.3. The van der Waals surface area contributed by atoms with Crippen molar-refractivity contribution in [1.29, 1.82) is 0 Å². The molecule has 1 unspecified atom stereocenters. The quantitative estimate of drug-likeness (QED) is 0.470. The SMILES string of the molecule is O=C(NCC1Cc2ccccc2N1Cc1ccccc1)Nc1cccc2[nH]ncc12. The van der Waals surface area contributed by atoms with E-state index >= 15 is 0 Å². The van der Waals surface area contributed by atoms with Gasteiger partial charge in [0.25, 0.3) is 0 Å². The van der Waals surface area contributed by atoms with Gasteiger partial charge in [-0.15, -0.1) is 0 Å². The zero-order valence-electron chi connectivity index (χ0n) is 16.5. The van der Waals surface area contributed by atoms with Gasteiger partial charge in [-0.25, -0.2) is 4.79 Å². The summed E-state index contributed by atoms with van der Waals surface area (Å²) in [6.07, 6.45) is 2.64. The topological polar surface area (TPSA) is 73.1 Å². The molecule has 30 heavy (non-hydrogen) atoms. The van der Waals surface area contributed by atoms with Crippen molar-refractivity contribution in [2.75, 3.05) is 16.8 Å². The Morgan fingerprint density at radius 2 is 1.87 bits per heavy atom. The lowest BCUT2D eigenvalue weighted by Gasteiger charge is -2.28. The first-order valence-corrected chi connectivity index (χ1v) is 10.1. The first kappa shape index (κ1) is 18.2. The van der Waals surface area contributed by atoms with Crippen molar-refractivity contribution in [3.05, 3.63) is 90.1 Å². The summed E-state index contributed by atoms with van der Waals surface area (Å²) in [6.45, 7) is 1.38. The van der Waals surface area contributed by atoms with Crippen LogP contribution in [0.2, 0.25) is 0 Å². The van der Waals surface area contributed by atoms with Crippen LogP contribution in [0.3, 0.4) is 0 Å². The summed E-state index contributed by atoms with van der Waals surface area (Å²) in [6, 6.07) is 24.6. The van der Waals surface area contributed by atoms with Gasteiger partial charge in [-0.2, -0.15) is 5.10 Å². The van der Waals surface area contributed by atoms with Crippen molar-refractivity contribution < 1.29 is 4.79 Å². The number of anilines is 2. The van der Waals surface area contributed by atoms with E-state index in [0.717, 1.165) is 29.6 Å². The monoisotopic (exact) mass is 397 g/mol. The number of carbonyl (C=O) groups excluding carboxylic acids is 1. The number of benzene rings is 3. The highest BCUT2D eigenvalue weighted by atomic mass is 16.2. The molecule has 5 rings (SSSR count). The van der Waals surface area contributed by atoms with E-state index in [1.807, 2.05) is 24.3 Å². The first-order valence-electron chi connectivity index (χ1n) is 10.1. The molecule has 3 aromatic carbocycles. The number of fused-ring (bicyclic) bond motifs is 2. The minimum atomic E-state index is -0.209. The number of carbonyl (C=O) groups is 1. The Hall–Kier alpha value is -3.80. The molecule has 0 fully saturated rings. The third-order valence-corrected chi connectivity index (χ3v) is 5.62. The van der Waals surface area contributed by atoms with E-state index in [-0.39, 0.29) is 12.1 Å². The number of H-pyrrole nitrogens is 1. The fourth-order valence-electron chi connectivity index (χ4n) is 4.16. The van der Waals surface area contributed by atoms with Crippen molar-refractivity contribution in [3.8, 4) is 0 Å². The molecule has 1 aliphatic rings. The van der Waals surface area contributed by atoms with Crippen molar-refractivity contribution in [3.63, 3.8) is 0 Å². The molecule has 150 valence electrons. The maximum absolute atomic E-state index is 12.6. The molecule has 6 heteroatoms. The number of rotatable bonds is 5. The molecule has 0 saturated heterocycles. The van der Waals surface area contributed by atoms with Gasteiger partial charge in [0.05, 0.1) is 23.4 Å². The second kappa shape index (κ2) is 7.91. The van der Waals surface area contributed by atoms with E-state index in [1.165, 1.54) is 16.8 Å². The summed E-state index contributed by atoms with van der Waals surface area (Å²) in [7, 11) is 0.